The first kappa shape index (κ1) is 20.5. The summed E-state index contributed by atoms with van der Waals surface area (Å²) < 4.78 is 5.49. The molecule has 4 rings (SSSR count). The number of carbonyl (C=O) groups is 1. The van der Waals surface area contributed by atoms with Crippen molar-refractivity contribution in [2.45, 2.75) is 13.8 Å². The maximum Gasteiger partial charge on any atom is 0.255 e. The molecule has 0 atom stereocenters. The number of nitrogens with zero attached hydrogens (tertiary/aromatic N) is 2. The molecule has 0 aliphatic rings. The lowest BCUT2D eigenvalue weighted by atomic mass is 10.1. The number of anilines is 2. The molecule has 2 N–H and O–H groups in total. The van der Waals surface area contributed by atoms with Crippen LogP contribution in [0.5, 0.6) is 5.75 Å². The van der Waals surface area contributed by atoms with Crippen molar-refractivity contribution in [3.05, 3.63) is 72.3 Å². The fourth-order valence-electron chi connectivity index (χ4n) is 3.72. The molecule has 1 heterocycles. The molecule has 1 amide bonds. The molecule has 0 bridgehead atoms. The molecule has 0 saturated carbocycles. The van der Waals surface area contributed by atoms with E-state index in [1.165, 1.54) is 0 Å². The number of H-pyrrole nitrogens is 1. The minimum atomic E-state index is -0.145. The predicted octanol–water partition coefficient (Wildman–Crippen LogP) is 5.34. The maximum atomic E-state index is 12.8. The van der Waals surface area contributed by atoms with E-state index in [9.17, 15) is 4.79 Å². The number of fused-ring (bicyclic) bond motifs is 1. The normalized spacial score (nSPS) is 10.8. The number of rotatable bonds is 7. The number of nitrogens with one attached hydrogen (secondary N) is 2. The smallest absolute Gasteiger partial charge is 0.255 e. The van der Waals surface area contributed by atoms with Gasteiger partial charge in [0.1, 0.15) is 11.6 Å². The second-order valence-corrected chi connectivity index (χ2v) is 7.16. The molecule has 158 valence electrons. The topological polar surface area (TPSA) is 70.2 Å². The SMILES string of the molecule is CCN(CC)c1cc2[nH]c(-c3ccccc3OC)nc2cc1NC(=O)c1ccccc1. The number of hydrogen-bond donors (Lipinski definition) is 2. The summed E-state index contributed by atoms with van der Waals surface area (Å²) >= 11 is 0. The van der Waals surface area contributed by atoms with Crippen LogP contribution in [0.15, 0.2) is 66.7 Å². The van der Waals surface area contributed by atoms with Gasteiger partial charge in [-0.05, 0) is 50.2 Å². The number of methoxy groups -OCH3 is 1. The molecule has 0 radical (unpaired) electrons. The second kappa shape index (κ2) is 8.92. The first-order valence-corrected chi connectivity index (χ1v) is 10.4. The zero-order valence-electron chi connectivity index (χ0n) is 18.0. The van der Waals surface area contributed by atoms with Gasteiger partial charge in [0.15, 0.2) is 0 Å². The number of aromatic amines is 1. The van der Waals surface area contributed by atoms with E-state index in [0.29, 0.717) is 5.56 Å². The summed E-state index contributed by atoms with van der Waals surface area (Å²) in [5.74, 6) is 1.33. The number of benzene rings is 3. The molecule has 31 heavy (non-hydrogen) atoms. The Kier molecular flexibility index (Phi) is 5.89. The van der Waals surface area contributed by atoms with Crippen molar-refractivity contribution >= 4 is 28.3 Å². The van der Waals surface area contributed by atoms with Crippen LogP contribution >= 0.6 is 0 Å². The lowest BCUT2D eigenvalue weighted by Crippen LogP contribution is -2.24. The van der Waals surface area contributed by atoms with Crippen LogP contribution in [0, 0.1) is 0 Å². The largest absolute Gasteiger partial charge is 0.496 e. The molecular formula is C25H26N4O2. The molecule has 6 nitrogen and oxygen atoms in total. The minimum Gasteiger partial charge on any atom is -0.496 e. The molecule has 4 aromatic rings. The number of para-hydroxylation sites is 1. The van der Waals surface area contributed by atoms with Gasteiger partial charge in [-0.2, -0.15) is 0 Å². The van der Waals surface area contributed by atoms with Crippen molar-refractivity contribution in [1.29, 1.82) is 0 Å². The van der Waals surface area contributed by atoms with Gasteiger partial charge in [0.25, 0.3) is 5.91 Å². The van der Waals surface area contributed by atoms with Gasteiger partial charge >= 0.3 is 0 Å². The molecule has 0 saturated heterocycles. The molecule has 6 heteroatoms. The number of carbonyl (C=O) groups excluding carboxylic acids is 1. The fraction of sp³-hybridized carbons (Fsp3) is 0.200. The van der Waals surface area contributed by atoms with Gasteiger partial charge in [0.2, 0.25) is 0 Å². The van der Waals surface area contributed by atoms with Gasteiger partial charge in [0.05, 0.1) is 35.1 Å². The zero-order valence-corrected chi connectivity index (χ0v) is 18.0. The van der Waals surface area contributed by atoms with Gasteiger partial charge in [0, 0.05) is 18.7 Å². The molecule has 0 aliphatic heterocycles. The van der Waals surface area contributed by atoms with Gasteiger partial charge in [-0.1, -0.05) is 30.3 Å². The van der Waals surface area contributed by atoms with Gasteiger partial charge in [-0.3, -0.25) is 4.79 Å². The Hall–Kier alpha value is -3.80. The Bertz CT molecular complexity index is 1200. The Morgan fingerprint density at radius 1 is 1.03 bits per heavy atom. The van der Waals surface area contributed by atoms with E-state index < -0.39 is 0 Å². The summed E-state index contributed by atoms with van der Waals surface area (Å²) in [6.07, 6.45) is 0. The van der Waals surface area contributed by atoms with E-state index in [1.54, 1.807) is 19.2 Å². The summed E-state index contributed by atoms with van der Waals surface area (Å²) in [6, 6.07) is 21.0. The van der Waals surface area contributed by atoms with E-state index in [4.69, 9.17) is 9.72 Å². The number of aromatic nitrogens is 2. The Labute approximate surface area is 181 Å². The van der Waals surface area contributed by atoms with Crippen LogP contribution in [0.25, 0.3) is 22.4 Å². The molecule has 0 fully saturated rings. The van der Waals surface area contributed by atoms with E-state index >= 15 is 0 Å². The average molecular weight is 415 g/mol. The zero-order chi connectivity index (χ0) is 21.8. The van der Waals surface area contributed by atoms with Crippen molar-refractivity contribution < 1.29 is 9.53 Å². The van der Waals surface area contributed by atoms with E-state index in [2.05, 4.69) is 35.1 Å². The lowest BCUT2D eigenvalue weighted by molar-refractivity contribution is 0.102. The predicted molar refractivity (Wildman–Crippen MR) is 126 cm³/mol. The lowest BCUT2D eigenvalue weighted by Gasteiger charge is -2.24. The van der Waals surface area contributed by atoms with E-state index in [-0.39, 0.29) is 5.91 Å². The highest BCUT2D eigenvalue weighted by molar-refractivity contribution is 6.07. The summed E-state index contributed by atoms with van der Waals surface area (Å²) in [5, 5.41) is 3.08. The van der Waals surface area contributed by atoms with Crippen LogP contribution in [-0.2, 0) is 0 Å². The molecule has 0 spiro atoms. The van der Waals surface area contributed by atoms with Crippen LogP contribution in [0.2, 0.25) is 0 Å². The van der Waals surface area contributed by atoms with Crippen LogP contribution in [-0.4, -0.2) is 36.1 Å². The maximum absolute atomic E-state index is 12.8. The third kappa shape index (κ3) is 4.10. The molecule has 0 unspecified atom stereocenters. The summed E-state index contributed by atoms with van der Waals surface area (Å²) in [6.45, 7) is 5.85. The van der Waals surface area contributed by atoms with Gasteiger partial charge < -0.3 is 19.9 Å². The number of ether oxygens (including phenoxy) is 1. The molecule has 1 aromatic heterocycles. The number of hydrogen-bond acceptors (Lipinski definition) is 4. The summed E-state index contributed by atoms with van der Waals surface area (Å²) in [5.41, 5.74) is 4.88. The first-order valence-electron chi connectivity index (χ1n) is 10.4. The van der Waals surface area contributed by atoms with Crippen LogP contribution in [0.3, 0.4) is 0 Å². The monoisotopic (exact) mass is 414 g/mol. The average Bonchev–Trinajstić information content (AvgIpc) is 3.23. The molecular weight excluding hydrogens is 388 g/mol. The Balaban J connectivity index is 1.80. The fourth-order valence-corrected chi connectivity index (χ4v) is 3.72. The van der Waals surface area contributed by atoms with Gasteiger partial charge in [-0.25, -0.2) is 4.98 Å². The second-order valence-electron chi connectivity index (χ2n) is 7.16. The third-order valence-corrected chi connectivity index (χ3v) is 5.35. The van der Waals surface area contributed by atoms with Crippen molar-refractivity contribution in [3.63, 3.8) is 0 Å². The Morgan fingerprint density at radius 2 is 1.74 bits per heavy atom. The quantitative estimate of drug-likeness (QED) is 0.428. The first-order chi connectivity index (χ1) is 15.1. The highest BCUT2D eigenvalue weighted by Crippen LogP contribution is 2.34. The van der Waals surface area contributed by atoms with Gasteiger partial charge in [-0.15, -0.1) is 0 Å². The van der Waals surface area contributed by atoms with Crippen LogP contribution in [0.1, 0.15) is 24.2 Å². The third-order valence-electron chi connectivity index (χ3n) is 5.35. The summed E-state index contributed by atoms with van der Waals surface area (Å²) in [4.78, 5) is 23.2. The van der Waals surface area contributed by atoms with Crippen molar-refractivity contribution in [2.75, 3.05) is 30.4 Å². The van der Waals surface area contributed by atoms with E-state index in [0.717, 1.165) is 52.6 Å². The van der Waals surface area contributed by atoms with Crippen LogP contribution < -0.4 is 15.0 Å². The highest BCUT2D eigenvalue weighted by Gasteiger charge is 2.17. The van der Waals surface area contributed by atoms with E-state index in [1.807, 2.05) is 48.5 Å². The minimum absolute atomic E-state index is 0.145. The van der Waals surface area contributed by atoms with Crippen molar-refractivity contribution in [3.8, 4) is 17.1 Å². The summed E-state index contributed by atoms with van der Waals surface area (Å²) in [7, 11) is 1.65. The van der Waals surface area contributed by atoms with Crippen molar-refractivity contribution in [1.82, 2.24) is 9.97 Å². The molecule has 0 aliphatic carbocycles. The number of imidazole rings is 1. The molecule has 3 aromatic carbocycles. The number of amides is 1. The standard InChI is InChI=1S/C25H26N4O2/c1-4-29(5-2)22-16-20-19(15-21(22)28-25(30)17-11-7-6-8-12-17)26-24(27-20)18-13-9-10-14-23(18)31-3/h6-16H,4-5H2,1-3H3,(H,26,27)(H,28,30). The highest BCUT2D eigenvalue weighted by atomic mass is 16.5. The Morgan fingerprint density at radius 3 is 2.45 bits per heavy atom. The van der Waals surface area contributed by atoms with Crippen LogP contribution in [0.4, 0.5) is 11.4 Å². The van der Waals surface area contributed by atoms with Crippen molar-refractivity contribution in [2.24, 2.45) is 0 Å².